The lowest BCUT2D eigenvalue weighted by molar-refractivity contribution is -0.302. The molecular formula is C25H37NO5. The molecule has 0 aromatic carbocycles. The topological polar surface area (TPSA) is 65.1 Å². The number of rotatable bonds is 4. The monoisotopic (exact) mass is 431 g/mol. The first-order chi connectivity index (χ1) is 14.9. The standard InChI is InChI=1S/C25H37NO5/c1-5-25(30-6-2)10-9-23(15-31-25)16-7-8-17-20(27)11-18-19(22(28)29-4)12-24(23,21(17)18)14-26(3)13-16/h16,18-19H,5-15H2,1-4H3/t16-,18+,19-,23+,24-,25-/m1/s1. The van der Waals surface area contributed by atoms with E-state index < -0.39 is 5.79 Å². The number of esters is 1. The summed E-state index contributed by atoms with van der Waals surface area (Å²) >= 11 is 0. The summed E-state index contributed by atoms with van der Waals surface area (Å²) in [5.41, 5.74) is 2.13. The van der Waals surface area contributed by atoms with Gasteiger partial charge in [0.25, 0.3) is 0 Å². The number of hydrogen-bond acceptors (Lipinski definition) is 6. The van der Waals surface area contributed by atoms with Gasteiger partial charge in [0.2, 0.25) is 0 Å². The number of ether oxygens (including phenoxy) is 3. The van der Waals surface area contributed by atoms with Gasteiger partial charge in [-0.3, -0.25) is 9.59 Å². The van der Waals surface area contributed by atoms with Crippen molar-refractivity contribution in [1.29, 1.82) is 0 Å². The minimum atomic E-state index is -0.494. The fraction of sp³-hybridized carbons (Fsp3) is 0.840. The normalized spacial score (nSPS) is 44.5. The van der Waals surface area contributed by atoms with Crippen molar-refractivity contribution in [2.45, 2.75) is 64.6 Å². The largest absolute Gasteiger partial charge is 0.469 e. The van der Waals surface area contributed by atoms with Gasteiger partial charge in [0.15, 0.2) is 11.6 Å². The second-order valence-electron chi connectivity index (χ2n) is 10.6. The van der Waals surface area contributed by atoms with Crippen LogP contribution in [0.1, 0.15) is 58.8 Å². The molecule has 0 radical (unpaired) electrons. The van der Waals surface area contributed by atoms with E-state index in [0.29, 0.717) is 25.6 Å². The van der Waals surface area contributed by atoms with Gasteiger partial charge < -0.3 is 19.1 Å². The van der Waals surface area contributed by atoms with Crippen LogP contribution >= 0.6 is 0 Å². The molecule has 2 heterocycles. The Hall–Kier alpha value is -1.24. The molecule has 0 N–H and O–H groups in total. The zero-order chi connectivity index (χ0) is 22.0. The van der Waals surface area contributed by atoms with Crippen molar-refractivity contribution in [1.82, 2.24) is 4.90 Å². The molecule has 6 heteroatoms. The van der Waals surface area contributed by atoms with Gasteiger partial charge in [-0.15, -0.1) is 0 Å². The molecule has 2 bridgehead atoms. The van der Waals surface area contributed by atoms with E-state index in [2.05, 4.69) is 18.9 Å². The zero-order valence-corrected chi connectivity index (χ0v) is 19.5. The van der Waals surface area contributed by atoms with Gasteiger partial charge in [0.1, 0.15) is 0 Å². The van der Waals surface area contributed by atoms with E-state index >= 15 is 0 Å². The van der Waals surface area contributed by atoms with Crippen molar-refractivity contribution in [3.8, 4) is 0 Å². The Morgan fingerprint density at radius 1 is 1.29 bits per heavy atom. The van der Waals surface area contributed by atoms with Crippen LogP contribution < -0.4 is 0 Å². The lowest BCUT2D eigenvalue weighted by atomic mass is 9.50. The maximum absolute atomic E-state index is 13.1. The van der Waals surface area contributed by atoms with Crippen LogP contribution in [0.5, 0.6) is 0 Å². The molecule has 172 valence electrons. The molecule has 0 unspecified atom stereocenters. The number of likely N-dealkylation sites (tertiary alicyclic amines) is 1. The van der Waals surface area contributed by atoms with Crippen LogP contribution in [0.4, 0.5) is 0 Å². The van der Waals surface area contributed by atoms with Crippen molar-refractivity contribution in [3.63, 3.8) is 0 Å². The summed E-state index contributed by atoms with van der Waals surface area (Å²) in [5.74, 6) is -0.116. The van der Waals surface area contributed by atoms with Gasteiger partial charge in [-0.2, -0.15) is 0 Å². The van der Waals surface area contributed by atoms with Gasteiger partial charge >= 0.3 is 5.97 Å². The summed E-state index contributed by atoms with van der Waals surface area (Å²) in [6.07, 6.45) is 5.90. The maximum Gasteiger partial charge on any atom is 0.309 e. The zero-order valence-electron chi connectivity index (χ0n) is 19.5. The first kappa shape index (κ1) is 21.6. The van der Waals surface area contributed by atoms with Gasteiger partial charge in [-0.1, -0.05) is 12.5 Å². The Balaban J connectivity index is 1.63. The van der Waals surface area contributed by atoms with Crippen molar-refractivity contribution in [2.24, 2.45) is 28.6 Å². The molecule has 5 aliphatic rings. The molecule has 0 amide bonds. The summed E-state index contributed by atoms with van der Waals surface area (Å²) in [6.45, 7) is 7.41. The number of ketones is 1. The first-order valence-corrected chi connectivity index (χ1v) is 12.2. The lowest BCUT2D eigenvalue weighted by Gasteiger charge is -2.62. The summed E-state index contributed by atoms with van der Waals surface area (Å²) in [4.78, 5) is 28.4. The highest BCUT2D eigenvalue weighted by atomic mass is 16.7. The molecule has 3 fully saturated rings. The van der Waals surface area contributed by atoms with Crippen molar-refractivity contribution in [3.05, 3.63) is 11.1 Å². The number of Topliss-reactive ketones (excluding diaryl/α,β-unsaturated/α-hetero) is 1. The maximum atomic E-state index is 13.1. The van der Waals surface area contributed by atoms with Crippen molar-refractivity contribution >= 4 is 11.8 Å². The second kappa shape index (κ2) is 7.39. The van der Waals surface area contributed by atoms with E-state index in [1.807, 2.05) is 6.92 Å². The summed E-state index contributed by atoms with van der Waals surface area (Å²) in [5, 5.41) is 0. The fourth-order valence-electron chi connectivity index (χ4n) is 8.29. The Morgan fingerprint density at radius 3 is 2.74 bits per heavy atom. The van der Waals surface area contributed by atoms with Crippen LogP contribution in [0.2, 0.25) is 0 Å². The Labute approximate surface area is 185 Å². The third-order valence-corrected chi connectivity index (χ3v) is 9.55. The fourth-order valence-corrected chi connectivity index (χ4v) is 8.29. The van der Waals surface area contributed by atoms with Crippen molar-refractivity contribution in [2.75, 3.05) is 40.5 Å². The second-order valence-corrected chi connectivity index (χ2v) is 10.6. The van der Waals surface area contributed by atoms with Crippen LogP contribution in [0.15, 0.2) is 11.1 Å². The number of nitrogens with zero attached hydrogens (tertiary/aromatic N) is 1. The van der Waals surface area contributed by atoms with Gasteiger partial charge in [-0.25, -0.2) is 0 Å². The SMILES string of the molecule is CCO[C@@]1(CC)CC[C@]2(CO1)[C@@H]1CCC3=C4[C@@H](CC3=O)[C@H](C(=O)OC)C[C@@]42CN(C)C1. The predicted octanol–water partition coefficient (Wildman–Crippen LogP) is 3.35. The molecule has 6 atom stereocenters. The summed E-state index contributed by atoms with van der Waals surface area (Å²) in [6, 6.07) is 0. The smallest absolute Gasteiger partial charge is 0.309 e. The third kappa shape index (κ3) is 2.80. The third-order valence-electron chi connectivity index (χ3n) is 9.55. The Morgan fingerprint density at radius 2 is 2.10 bits per heavy atom. The highest BCUT2D eigenvalue weighted by Gasteiger charge is 2.70. The molecule has 0 aromatic rings. The predicted molar refractivity (Wildman–Crippen MR) is 115 cm³/mol. The minimum absolute atomic E-state index is 0.0156. The lowest BCUT2D eigenvalue weighted by Crippen LogP contribution is -2.64. The van der Waals surface area contributed by atoms with Gasteiger partial charge in [-0.05, 0) is 57.6 Å². The van der Waals surface area contributed by atoms with E-state index in [-0.39, 0.29) is 34.4 Å². The van der Waals surface area contributed by atoms with E-state index in [0.717, 1.165) is 57.2 Å². The summed E-state index contributed by atoms with van der Waals surface area (Å²) < 4.78 is 18.0. The number of allylic oxidation sites excluding steroid dienone is 1. The molecular weight excluding hydrogens is 394 g/mol. The molecule has 6 nitrogen and oxygen atoms in total. The van der Waals surface area contributed by atoms with Crippen LogP contribution in [-0.4, -0.2) is 62.9 Å². The van der Waals surface area contributed by atoms with Crippen LogP contribution in [0.3, 0.4) is 0 Å². The van der Waals surface area contributed by atoms with E-state index in [4.69, 9.17) is 14.2 Å². The molecule has 2 spiro atoms. The average molecular weight is 432 g/mol. The van der Waals surface area contributed by atoms with E-state index in [9.17, 15) is 9.59 Å². The number of carbonyl (C=O) groups excluding carboxylic acids is 2. The number of hydrogen-bond donors (Lipinski definition) is 0. The molecule has 1 saturated carbocycles. The quantitative estimate of drug-likeness (QED) is 0.636. The van der Waals surface area contributed by atoms with E-state index in [1.54, 1.807) is 0 Å². The highest BCUT2D eigenvalue weighted by Crippen LogP contribution is 2.71. The molecule has 2 saturated heterocycles. The first-order valence-electron chi connectivity index (χ1n) is 12.2. The molecule has 0 aromatic heterocycles. The van der Waals surface area contributed by atoms with Crippen LogP contribution in [0.25, 0.3) is 0 Å². The van der Waals surface area contributed by atoms with E-state index in [1.165, 1.54) is 12.7 Å². The Kier molecular flexibility index (Phi) is 5.15. The molecule has 31 heavy (non-hydrogen) atoms. The Bertz CT molecular complexity index is 811. The molecule has 2 aliphatic heterocycles. The van der Waals surface area contributed by atoms with Gasteiger partial charge in [0, 0.05) is 49.3 Å². The molecule has 3 aliphatic carbocycles. The number of methoxy groups -OCH3 is 1. The highest BCUT2D eigenvalue weighted by molar-refractivity contribution is 6.01. The minimum Gasteiger partial charge on any atom is -0.469 e. The van der Waals surface area contributed by atoms with Gasteiger partial charge in [0.05, 0.1) is 19.6 Å². The van der Waals surface area contributed by atoms with Crippen LogP contribution in [-0.2, 0) is 23.8 Å². The van der Waals surface area contributed by atoms with Crippen LogP contribution in [0, 0.1) is 28.6 Å². The van der Waals surface area contributed by atoms with Crippen molar-refractivity contribution < 1.29 is 23.8 Å². The number of carbonyl (C=O) groups is 2. The summed E-state index contributed by atoms with van der Waals surface area (Å²) in [7, 11) is 3.68. The molecule has 5 rings (SSSR count). The number of piperidine rings is 1. The average Bonchev–Trinajstić information content (AvgIpc) is 3.23.